The van der Waals surface area contributed by atoms with Crippen LogP contribution in [0.2, 0.25) is 0 Å². The summed E-state index contributed by atoms with van der Waals surface area (Å²) in [6.07, 6.45) is 15.5. The van der Waals surface area contributed by atoms with Gasteiger partial charge < -0.3 is 0 Å². The fourth-order valence-electron chi connectivity index (χ4n) is 3.99. The highest BCUT2D eigenvalue weighted by atomic mass is 15.2. The van der Waals surface area contributed by atoms with Crippen LogP contribution in [0.3, 0.4) is 0 Å². The van der Waals surface area contributed by atoms with Crippen molar-refractivity contribution in [3.8, 4) is 0 Å². The van der Waals surface area contributed by atoms with Crippen LogP contribution in [-0.2, 0) is 0 Å². The molecule has 120 valence electrons. The van der Waals surface area contributed by atoms with E-state index >= 15 is 0 Å². The first-order valence-corrected chi connectivity index (χ1v) is 9.25. The van der Waals surface area contributed by atoms with E-state index in [1.54, 1.807) is 0 Å². The van der Waals surface area contributed by atoms with Gasteiger partial charge in [0.1, 0.15) is 0 Å². The van der Waals surface area contributed by atoms with Crippen molar-refractivity contribution in [2.75, 3.05) is 19.6 Å². The van der Waals surface area contributed by atoms with E-state index in [1.165, 1.54) is 77.2 Å². The lowest BCUT2D eigenvalue weighted by atomic mass is 9.88. The lowest BCUT2D eigenvalue weighted by Gasteiger charge is -2.41. The van der Waals surface area contributed by atoms with E-state index < -0.39 is 0 Å². The summed E-state index contributed by atoms with van der Waals surface area (Å²) in [6, 6.07) is 4.51. The minimum atomic E-state index is 0.791. The highest BCUT2D eigenvalue weighted by Crippen LogP contribution is 2.30. The molecule has 2 aliphatic rings. The molecule has 0 bridgehead atoms. The molecule has 0 aromatic carbocycles. The van der Waals surface area contributed by atoms with Crippen LogP contribution < -0.4 is 0 Å². The maximum Gasteiger partial charge on any atom is 0.0892 e. The fraction of sp³-hybridized carbons (Fsp3) is 0.944. The van der Waals surface area contributed by atoms with Crippen LogP contribution >= 0.6 is 0 Å². The van der Waals surface area contributed by atoms with Gasteiger partial charge in [0.05, 0.1) is 12.6 Å². The van der Waals surface area contributed by atoms with Crippen molar-refractivity contribution in [1.29, 1.82) is 0 Å². The predicted molar refractivity (Wildman–Crippen MR) is 90.3 cm³/mol. The van der Waals surface area contributed by atoms with Gasteiger partial charge in [-0.15, -0.1) is 0 Å². The molecule has 2 fully saturated rings. The Balaban J connectivity index is 1.83. The average Bonchev–Trinajstić information content (AvgIpc) is 2.56. The van der Waals surface area contributed by atoms with Crippen molar-refractivity contribution in [2.45, 2.75) is 89.6 Å². The predicted octanol–water partition coefficient (Wildman–Crippen LogP) is 4.54. The molecule has 0 atom stereocenters. The van der Waals surface area contributed by atoms with E-state index in [0.717, 1.165) is 25.2 Å². The third-order valence-corrected chi connectivity index (χ3v) is 5.07. The third kappa shape index (κ3) is 5.92. The van der Waals surface area contributed by atoms with Gasteiger partial charge >= 0.3 is 0 Å². The molecule has 0 aromatic heterocycles. The maximum absolute atomic E-state index is 4.28. The van der Waals surface area contributed by atoms with Crippen LogP contribution in [0.4, 0.5) is 0 Å². The Hall–Kier alpha value is -0.660. The van der Waals surface area contributed by atoms with Gasteiger partial charge in [0.25, 0.3) is 0 Å². The molecular formula is C18H33N3. The third-order valence-electron chi connectivity index (χ3n) is 5.07. The maximum atomic E-state index is 4.28. The standard InChI is InChI=1S/C18H33N3/c1-2-19-16-20-14-9-15-21(17-10-5-3-6-11-17)18-12-7-4-8-13-18/h17-18H,2-15H2,1H3. The van der Waals surface area contributed by atoms with E-state index in [9.17, 15) is 0 Å². The first-order chi connectivity index (χ1) is 10.4. The Morgan fingerprint density at radius 1 is 0.857 bits per heavy atom. The first kappa shape index (κ1) is 16.7. The van der Waals surface area contributed by atoms with Crippen molar-refractivity contribution in [3.05, 3.63) is 0 Å². The van der Waals surface area contributed by atoms with Gasteiger partial charge in [-0.05, 0) is 39.0 Å². The summed E-state index contributed by atoms with van der Waals surface area (Å²) in [5.74, 6) is 0. The zero-order chi connectivity index (χ0) is 14.8. The van der Waals surface area contributed by atoms with Gasteiger partial charge in [-0.25, -0.2) is 9.98 Å². The second-order valence-electron chi connectivity index (χ2n) is 6.63. The van der Waals surface area contributed by atoms with Crippen LogP contribution in [0.5, 0.6) is 0 Å². The largest absolute Gasteiger partial charge is 0.297 e. The van der Waals surface area contributed by atoms with Crippen molar-refractivity contribution in [1.82, 2.24) is 4.90 Å². The van der Waals surface area contributed by atoms with Crippen LogP contribution in [-0.4, -0.2) is 42.6 Å². The smallest absolute Gasteiger partial charge is 0.0892 e. The molecular weight excluding hydrogens is 258 g/mol. The second kappa shape index (κ2) is 10.1. The Bertz CT molecular complexity index is 303. The topological polar surface area (TPSA) is 28.0 Å². The van der Waals surface area contributed by atoms with Gasteiger partial charge in [0.2, 0.25) is 0 Å². The zero-order valence-corrected chi connectivity index (χ0v) is 13.9. The fourth-order valence-corrected chi connectivity index (χ4v) is 3.99. The average molecular weight is 291 g/mol. The number of rotatable bonds is 7. The summed E-state index contributed by atoms with van der Waals surface area (Å²) >= 11 is 0. The number of nitrogens with zero attached hydrogens (tertiary/aromatic N) is 3. The van der Waals surface area contributed by atoms with Crippen molar-refractivity contribution in [2.24, 2.45) is 9.98 Å². The SMILES string of the molecule is CCN=C=NCCCN(C1CCCCC1)C1CCCCC1. The molecule has 0 radical (unpaired) electrons. The molecule has 3 nitrogen and oxygen atoms in total. The minimum absolute atomic E-state index is 0.791. The molecule has 3 heteroatoms. The summed E-state index contributed by atoms with van der Waals surface area (Å²) in [5.41, 5.74) is 0. The lowest BCUT2D eigenvalue weighted by molar-refractivity contribution is 0.0803. The van der Waals surface area contributed by atoms with Crippen LogP contribution in [0.15, 0.2) is 9.98 Å². The van der Waals surface area contributed by atoms with Crippen molar-refractivity contribution < 1.29 is 0 Å². The summed E-state index contributed by atoms with van der Waals surface area (Å²) < 4.78 is 0. The van der Waals surface area contributed by atoms with Gasteiger partial charge in [-0.2, -0.15) is 0 Å². The number of aliphatic imine (C=N–C) groups is 2. The summed E-state index contributed by atoms with van der Waals surface area (Å²) in [4.78, 5) is 11.2. The summed E-state index contributed by atoms with van der Waals surface area (Å²) in [5, 5.41) is 0. The molecule has 21 heavy (non-hydrogen) atoms. The molecule has 0 aliphatic heterocycles. The Labute approximate surface area is 130 Å². The molecule has 0 amide bonds. The molecule has 0 N–H and O–H groups in total. The molecule has 0 saturated heterocycles. The van der Waals surface area contributed by atoms with E-state index in [1.807, 2.05) is 6.92 Å². The number of hydrogen-bond donors (Lipinski definition) is 0. The van der Waals surface area contributed by atoms with E-state index in [2.05, 4.69) is 20.9 Å². The van der Waals surface area contributed by atoms with Gasteiger partial charge in [-0.3, -0.25) is 4.90 Å². The Morgan fingerprint density at radius 3 is 1.95 bits per heavy atom. The normalized spacial score (nSPS) is 21.2. The van der Waals surface area contributed by atoms with Crippen molar-refractivity contribution in [3.63, 3.8) is 0 Å². The monoisotopic (exact) mass is 291 g/mol. The molecule has 2 aliphatic carbocycles. The second-order valence-corrected chi connectivity index (χ2v) is 6.63. The molecule has 0 heterocycles. The molecule has 0 aromatic rings. The van der Waals surface area contributed by atoms with Crippen LogP contribution in [0.25, 0.3) is 0 Å². The van der Waals surface area contributed by atoms with Gasteiger partial charge in [-0.1, -0.05) is 38.5 Å². The van der Waals surface area contributed by atoms with Gasteiger partial charge in [0, 0.05) is 25.2 Å². The molecule has 0 spiro atoms. The van der Waals surface area contributed by atoms with Gasteiger partial charge in [0.15, 0.2) is 0 Å². The zero-order valence-electron chi connectivity index (χ0n) is 13.9. The summed E-state index contributed by atoms with van der Waals surface area (Å²) in [7, 11) is 0. The van der Waals surface area contributed by atoms with E-state index in [0.29, 0.717) is 0 Å². The summed E-state index contributed by atoms with van der Waals surface area (Å²) in [6.45, 7) is 4.93. The highest BCUT2D eigenvalue weighted by molar-refractivity contribution is 5.40. The van der Waals surface area contributed by atoms with E-state index in [-0.39, 0.29) is 0 Å². The molecule has 0 unspecified atom stereocenters. The molecule has 2 saturated carbocycles. The quantitative estimate of drug-likeness (QED) is 0.500. The minimum Gasteiger partial charge on any atom is -0.297 e. The first-order valence-electron chi connectivity index (χ1n) is 9.25. The Morgan fingerprint density at radius 2 is 1.43 bits per heavy atom. The van der Waals surface area contributed by atoms with Crippen LogP contribution in [0.1, 0.15) is 77.6 Å². The molecule has 2 rings (SSSR count). The van der Waals surface area contributed by atoms with E-state index in [4.69, 9.17) is 0 Å². The van der Waals surface area contributed by atoms with Crippen molar-refractivity contribution >= 4 is 6.01 Å². The van der Waals surface area contributed by atoms with Crippen LogP contribution in [0, 0.1) is 0 Å². The Kier molecular flexibility index (Phi) is 8.06. The highest BCUT2D eigenvalue weighted by Gasteiger charge is 2.28. The number of hydrogen-bond acceptors (Lipinski definition) is 3. The lowest BCUT2D eigenvalue weighted by Crippen LogP contribution is -2.45.